The van der Waals surface area contributed by atoms with Crippen LogP contribution in [0, 0.1) is 17.5 Å². The van der Waals surface area contributed by atoms with Crippen molar-refractivity contribution in [1.29, 1.82) is 0 Å². The Balaban J connectivity index is 2.21. The van der Waals surface area contributed by atoms with Crippen molar-refractivity contribution in [2.45, 2.75) is 25.8 Å². The highest BCUT2D eigenvalue weighted by Crippen LogP contribution is 2.24. The zero-order chi connectivity index (χ0) is 13.1. The average molecular weight is 258 g/mol. The van der Waals surface area contributed by atoms with Gasteiger partial charge in [0.05, 0.1) is 5.69 Å². The highest BCUT2D eigenvalue weighted by molar-refractivity contribution is 5.48. The predicted octanol–water partition coefficient (Wildman–Crippen LogP) is 2.68. The Labute approximate surface area is 105 Å². The van der Waals surface area contributed by atoms with Crippen LogP contribution in [0.4, 0.5) is 18.9 Å². The van der Waals surface area contributed by atoms with Crippen molar-refractivity contribution in [2.75, 3.05) is 24.5 Å². The summed E-state index contributed by atoms with van der Waals surface area (Å²) in [6, 6.07) is 2.64. The summed E-state index contributed by atoms with van der Waals surface area (Å²) in [6.45, 7) is 4.19. The Hall–Kier alpha value is -1.23. The second-order valence-electron chi connectivity index (χ2n) is 4.68. The van der Waals surface area contributed by atoms with Gasteiger partial charge in [-0.3, -0.25) is 0 Å². The van der Waals surface area contributed by atoms with Crippen LogP contribution < -0.4 is 10.2 Å². The fourth-order valence-electron chi connectivity index (χ4n) is 2.18. The summed E-state index contributed by atoms with van der Waals surface area (Å²) in [7, 11) is 0. The van der Waals surface area contributed by atoms with Crippen LogP contribution in [-0.4, -0.2) is 25.7 Å². The summed E-state index contributed by atoms with van der Waals surface area (Å²) in [5.41, 5.74) is 0.156. The van der Waals surface area contributed by atoms with E-state index in [4.69, 9.17) is 0 Å². The minimum Gasteiger partial charge on any atom is -0.369 e. The fraction of sp³-hybridized carbons (Fsp3) is 0.538. The fourth-order valence-corrected chi connectivity index (χ4v) is 2.18. The Morgan fingerprint density at radius 1 is 1.17 bits per heavy atom. The smallest absolute Gasteiger partial charge is 0.196 e. The molecule has 1 aromatic carbocycles. The standard InChI is InChI=1S/C13H17F3N2/c1-9-5-8-18(7-2-6-17-9)11-4-3-10(14)12(15)13(11)16/h3-4,9,17H,2,5-8H2,1H3. The first-order valence-corrected chi connectivity index (χ1v) is 6.21. The van der Waals surface area contributed by atoms with Gasteiger partial charge in [-0.1, -0.05) is 0 Å². The van der Waals surface area contributed by atoms with Crippen molar-refractivity contribution in [3.05, 3.63) is 29.6 Å². The molecular weight excluding hydrogens is 241 g/mol. The van der Waals surface area contributed by atoms with Crippen molar-refractivity contribution in [3.63, 3.8) is 0 Å². The van der Waals surface area contributed by atoms with Crippen LogP contribution in [0.3, 0.4) is 0 Å². The van der Waals surface area contributed by atoms with Gasteiger partial charge in [-0.15, -0.1) is 0 Å². The molecule has 1 aliphatic rings. The van der Waals surface area contributed by atoms with E-state index in [0.717, 1.165) is 25.5 Å². The van der Waals surface area contributed by atoms with Crippen molar-refractivity contribution in [3.8, 4) is 0 Å². The molecule has 0 bridgehead atoms. The molecule has 0 radical (unpaired) electrons. The van der Waals surface area contributed by atoms with Crippen LogP contribution in [0.25, 0.3) is 0 Å². The first kappa shape index (κ1) is 13.2. The molecule has 1 aliphatic heterocycles. The van der Waals surface area contributed by atoms with Crippen molar-refractivity contribution >= 4 is 5.69 Å². The van der Waals surface area contributed by atoms with Gasteiger partial charge < -0.3 is 10.2 Å². The molecule has 0 aliphatic carbocycles. The van der Waals surface area contributed by atoms with Crippen LogP contribution in [0.2, 0.25) is 0 Å². The predicted molar refractivity (Wildman–Crippen MR) is 65.2 cm³/mol. The summed E-state index contributed by atoms with van der Waals surface area (Å²) in [5, 5.41) is 3.34. The summed E-state index contributed by atoms with van der Waals surface area (Å²) >= 11 is 0. The van der Waals surface area contributed by atoms with E-state index in [2.05, 4.69) is 12.2 Å². The molecule has 18 heavy (non-hydrogen) atoms. The zero-order valence-corrected chi connectivity index (χ0v) is 10.3. The lowest BCUT2D eigenvalue weighted by Gasteiger charge is -2.29. The van der Waals surface area contributed by atoms with Crippen molar-refractivity contribution in [2.24, 2.45) is 0 Å². The number of nitrogens with one attached hydrogen (secondary N) is 1. The maximum atomic E-state index is 13.7. The Bertz CT molecular complexity index is 423. The Kier molecular flexibility index (Phi) is 4.11. The lowest BCUT2D eigenvalue weighted by atomic mass is 10.1. The first-order chi connectivity index (χ1) is 8.59. The third kappa shape index (κ3) is 2.77. The van der Waals surface area contributed by atoms with Crippen LogP contribution in [-0.2, 0) is 0 Å². The van der Waals surface area contributed by atoms with E-state index < -0.39 is 17.5 Å². The van der Waals surface area contributed by atoms with Gasteiger partial charge in [0, 0.05) is 19.1 Å². The van der Waals surface area contributed by atoms with Crippen molar-refractivity contribution in [1.82, 2.24) is 5.32 Å². The SMILES string of the molecule is CC1CCN(c2ccc(F)c(F)c2F)CCCN1. The van der Waals surface area contributed by atoms with Gasteiger partial charge >= 0.3 is 0 Å². The lowest BCUT2D eigenvalue weighted by molar-refractivity contribution is 0.439. The summed E-state index contributed by atoms with van der Waals surface area (Å²) in [6.07, 6.45) is 1.70. The molecule has 1 saturated heterocycles. The van der Waals surface area contributed by atoms with Crippen LogP contribution >= 0.6 is 0 Å². The molecule has 1 unspecified atom stereocenters. The van der Waals surface area contributed by atoms with Gasteiger partial charge in [-0.05, 0) is 38.4 Å². The molecule has 1 atom stereocenters. The molecular formula is C13H17F3N2. The van der Waals surface area contributed by atoms with Gasteiger partial charge in [-0.2, -0.15) is 0 Å². The number of rotatable bonds is 1. The van der Waals surface area contributed by atoms with Gasteiger partial charge in [0.15, 0.2) is 17.5 Å². The van der Waals surface area contributed by atoms with E-state index in [1.807, 2.05) is 0 Å². The molecule has 2 rings (SSSR count). The van der Waals surface area contributed by atoms with Gasteiger partial charge in [0.1, 0.15) is 0 Å². The molecule has 0 saturated carbocycles. The van der Waals surface area contributed by atoms with Crippen LogP contribution in [0.1, 0.15) is 19.8 Å². The van der Waals surface area contributed by atoms with Gasteiger partial charge in [-0.25, -0.2) is 13.2 Å². The number of anilines is 1. The Morgan fingerprint density at radius 3 is 2.72 bits per heavy atom. The number of benzene rings is 1. The third-order valence-corrected chi connectivity index (χ3v) is 3.29. The van der Waals surface area contributed by atoms with Crippen LogP contribution in [0.15, 0.2) is 12.1 Å². The highest BCUT2D eigenvalue weighted by atomic mass is 19.2. The van der Waals surface area contributed by atoms with E-state index in [1.165, 1.54) is 6.07 Å². The van der Waals surface area contributed by atoms with E-state index in [1.54, 1.807) is 4.90 Å². The van der Waals surface area contributed by atoms with E-state index in [0.29, 0.717) is 19.1 Å². The molecule has 2 nitrogen and oxygen atoms in total. The molecule has 0 aromatic heterocycles. The average Bonchev–Trinajstić information content (AvgIpc) is 2.33. The third-order valence-electron chi connectivity index (χ3n) is 3.29. The topological polar surface area (TPSA) is 15.3 Å². The molecule has 1 fully saturated rings. The second-order valence-corrected chi connectivity index (χ2v) is 4.68. The molecule has 1 N–H and O–H groups in total. The number of hydrogen-bond donors (Lipinski definition) is 1. The van der Waals surface area contributed by atoms with Gasteiger partial charge in [0.2, 0.25) is 0 Å². The van der Waals surface area contributed by atoms with E-state index >= 15 is 0 Å². The number of nitrogens with zero attached hydrogens (tertiary/aromatic N) is 1. The van der Waals surface area contributed by atoms with Crippen molar-refractivity contribution < 1.29 is 13.2 Å². The number of hydrogen-bond acceptors (Lipinski definition) is 2. The van der Waals surface area contributed by atoms with E-state index in [9.17, 15) is 13.2 Å². The zero-order valence-electron chi connectivity index (χ0n) is 10.3. The normalized spacial score (nSPS) is 21.6. The Morgan fingerprint density at radius 2 is 1.94 bits per heavy atom. The quantitative estimate of drug-likeness (QED) is 0.779. The first-order valence-electron chi connectivity index (χ1n) is 6.21. The molecule has 1 heterocycles. The number of halogens is 3. The molecule has 100 valence electrons. The van der Waals surface area contributed by atoms with E-state index in [-0.39, 0.29) is 5.69 Å². The summed E-state index contributed by atoms with van der Waals surface area (Å²) in [5.74, 6) is -3.62. The lowest BCUT2D eigenvalue weighted by Crippen LogP contribution is -2.38. The molecule has 0 spiro atoms. The maximum absolute atomic E-state index is 13.7. The monoisotopic (exact) mass is 258 g/mol. The summed E-state index contributed by atoms with van der Waals surface area (Å²) in [4.78, 5) is 1.79. The highest BCUT2D eigenvalue weighted by Gasteiger charge is 2.19. The van der Waals surface area contributed by atoms with Gasteiger partial charge in [0.25, 0.3) is 0 Å². The largest absolute Gasteiger partial charge is 0.369 e. The molecule has 5 heteroatoms. The minimum atomic E-state index is -1.39. The van der Waals surface area contributed by atoms with Crippen LogP contribution in [0.5, 0.6) is 0 Å². The minimum absolute atomic E-state index is 0.156. The summed E-state index contributed by atoms with van der Waals surface area (Å²) < 4.78 is 39.8. The maximum Gasteiger partial charge on any atom is 0.196 e. The second kappa shape index (κ2) is 5.61. The molecule has 0 amide bonds. The molecule has 1 aromatic rings.